The number of rotatable bonds is 3. The fourth-order valence-electron chi connectivity index (χ4n) is 1.38. The lowest BCUT2D eigenvalue weighted by Gasteiger charge is -2.23. The van der Waals surface area contributed by atoms with E-state index in [9.17, 15) is 0 Å². The summed E-state index contributed by atoms with van der Waals surface area (Å²) in [4.78, 5) is 3.44. The van der Waals surface area contributed by atoms with E-state index < -0.39 is 7.55 Å². The van der Waals surface area contributed by atoms with E-state index in [-0.39, 0.29) is 0 Å². The molecule has 3 heteroatoms. The highest BCUT2D eigenvalue weighted by molar-refractivity contribution is 7.25. The molecule has 0 aromatic heterocycles. The van der Waals surface area contributed by atoms with E-state index in [0.29, 0.717) is 6.04 Å². The maximum Gasteiger partial charge on any atom is 0.254 e. The SMILES string of the molecule is CC(C)N[Si](C)(Cl)c1ccccc1. The van der Waals surface area contributed by atoms with Gasteiger partial charge >= 0.3 is 0 Å². The summed E-state index contributed by atoms with van der Waals surface area (Å²) in [6, 6.07) is 10.7. The van der Waals surface area contributed by atoms with Crippen molar-refractivity contribution in [2.45, 2.75) is 26.4 Å². The zero-order valence-corrected chi connectivity index (χ0v) is 10.1. The molecule has 1 N–H and O–H groups in total. The Morgan fingerprint density at radius 1 is 1.23 bits per heavy atom. The molecule has 0 radical (unpaired) electrons. The van der Waals surface area contributed by atoms with E-state index in [0.717, 1.165) is 0 Å². The third-order valence-electron chi connectivity index (χ3n) is 1.88. The van der Waals surface area contributed by atoms with Crippen molar-refractivity contribution in [2.75, 3.05) is 0 Å². The Morgan fingerprint density at radius 2 is 1.77 bits per heavy atom. The van der Waals surface area contributed by atoms with Gasteiger partial charge in [0.15, 0.2) is 0 Å². The maximum atomic E-state index is 6.48. The number of hydrogen-bond donors (Lipinski definition) is 1. The normalized spacial score (nSPS) is 15.8. The van der Waals surface area contributed by atoms with Crippen molar-refractivity contribution in [1.29, 1.82) is 0 Å². The minimum Gasteiger partial charge on any atom is -0.320 e. The van der Waals surface area contributed by atoms with Gasteiger partial charge in [-0.15, -0.1) is 11.1 Å². The second kappa shape index (κ2) is 4.27. The molecule has 0 aliphatic carbocycles. The summed E-state index contributed by atoms with van der Waals surface area (Å²) in [7, 11) is -1.92. The molecule has 1 nitrogen and oxygen atoms in total. The van der Waals surface area contributed by atoms with Crippen molar-refractivity contribution in [3.8, 4) is 0 Å². The minimum atomic E-state index is -1.92. The molecule has 0 saturated carbocycles. The van der Waals surface area contributed by atoms with Crippen LogP contribution >= 0.6 is 11.1 Å². The summed E-state index contributed by atoms with van der Waals surface area (Å²) in [5, 5.41) is 1.24. The van der Waals surface area contributed by atoms with Crippen LogP contribution in [0.15, 0.2) is 30.3 Å². The van der Waals surface area contributed by atoms with Gasteiger partial charge < -0.3 is 4.98 Å². The largest absolute Gasteiger partial charge is 0.320 e. The van der Waals surface area contributed by atoms with Gasteiger partial charge in [0.25, 0.3) is 7.55 Å². The molecule has 1 unspecified atom stereocenters. The predicted molar refractivity (Wildman–Crippen MR) is 61.8 cm³/mol. The van der Waals surface area contributed by atoms with Crippen LogP contribution in [0.1, 0.15) is 13.8 Å². The van der Waals surface area contributed by atoms with Crippen LogP contribution in [0, 0.1) is 0 Å². The van der Waals surface area contributed by atoms with E-state index in [1.807, 2.05) is 18.2 Å². The monoisotopic (exact) mass is 213 g/mol. The standard InChI is InChI=1S/C10H16ClNSi/c1-9(2)12-13(3,11)10-7-5-4-6-8-10/h4-9,12H,1-3H3. The number of nitrogens with one attached hydrogen (secondary N) is 1. The van der Waals surface area contributed by atoms with Crippen LogP contribution < -0.4 is 10.2 Å². The molecule has 0 saturated heterocycles. The molecular weight excluding hydrogens is 198 g/mol. The van der Waals surface area contributed by atoms with E-state index in [4.69, 9.17) is 11.1 Å². The lowest BCUT2D eigenvalue weighted by Crippen LogP contribution is -2.55. The van der Waals surface area contributed by atoms with Gasteiger partial charge in [-0.3, -0.25) is 0 Å². The highest BCUT2D eigenvalue weighted by atomic mass is 35.6. The third kappa shape index (κ3) is 3.14. The van der Waals surface area contributed by atoms with Gasteiger partial charge in [-0.1, -0.05) is 44.2 Å². The van der Waals surface area contributed by atoms with Crippen molar-refractivity contribution in [3.05, 3.63) is 30.3 Å². The fourth-order valence-corrected chi connectivity index (χ4v) is 4.48. The predicted octanol–water partition coefficient (Wildman–Crippen LogP) is 2.20. The lowest BCUT2D eigenvalue weighted by atomic mass is 10.4. The first-order valence-electron chi connectivity index (χ1n) is 4.54. The van der Waals surface area contributed by atoms with Crippen LogP contribution in [0.3, 0.4) is 0 Å². The minimum absolute atomic E-state index is 0.439. The number of halogens is 1. The Balaban J connectivity index is 2.81. The van der Waals surface area contributed by atoms with Gasteiger partial charge in [0.2, 0.25) is 0 Å². The van der Waals surface area contributed by atoms with Crippen molar-refractivity contribution in [1.82, 2.24) is 4.98 Å². The van der Waals surface area contributed by atoms with Crippen LogP contribution in [0.5, 0.6) is 0 Å². The third-order valence-corrected chi connectivity index (χ3v) is 5.39. The molecule has 0 bridgehead atoms. The second-order valence-corrected chi connectivity index (χ2v) is 8.81. The van der Waals surface area contributed by atoms with E-state index in [2.05, 4.69) is 37.5 Å². The summed E-state index contributed by atoms with van der Waals surface area (Å²) >= 11 is 6.48. The summed E-state index contributed by atoms with van der Waals surface area (Å²) < 4.78 is 0. The summed E-state index contributed by atoms with van der Waals surface area (Å²) in [6.07, 6.45) is 0. The first-order valence-corrected chi connectivity index (χ1v) is 8.05. The van der Waals surface area contributed by atoms with Crippen molar-refractivity contribution in [2.24, 2.45) is 0 Å². The molecule has 72 valence electrons. The van der Waals surface area contributed by atoms with E-state index in [1.165, 1.54) is 5.19 Å². The molecule has 0 heterocycles. The maximum absolute atomic E-state index is 6.48. The van der Waals surface area contributed by atoms with Gasteiger partial charge in [-0.05, 0) is 17.8 Å². The molecule has 13 heavy (non-hydrogen) atoms. The van der Waals surface area contributed by atoms with Gasteiger partial charge in [-0.2, -0.15) is 0 Å². The summed E-state index contributed by atoms with van der Waals surface area (Å²) in [5.74, 6) is 0. The highest BCUT2D eigenvalue weighted by Crippen LogP contribution is 2.06. The van der Waals surface area contributed by atoms with Crippen molar-refractivity contribution < 1.29 is 0 Å². The highest BCUT2D eigenvalue weighted by Gasteiger charge is 2.27. The molecule has 0 fully saturated rings. The Labute approximate surface area is 85.9 Å². The molecule has 1 aromatic carbocycles. The quantitative estimate of drug-likeness (QED) is 0.600. The molecule has 1 atom stereocenters. The molecule has 0 spiro atoms. The van der Waals surface area contributed by atoms with Crippen LogP contribution in [0.25, 0.3) is 0 Å². The Morgan fingerprint density at radius 3 is 2.23 bits per heavy atom. The zero-order valence-electron chi connectivity index (χ0n) is 8.34. The molecule has 1 rings (SSSR count). The number of benzene rings is 1. The zero-order chi connectivity index (χ0) is 9.90. The van der Waals surface area contributed by atoms with Crippen molar-refractivity contribution >= 4 is 23.8 Å². The number of hydrogen-bond acceptors (Lipinski definition) is 1. The molecule has 0 aliphatic heterocycles. The Kier molecular flexibility index (Phi) is 3.53. The van der Waals surface area contributed by atoms with Crippen LogP contribution in [-0.2, 0) is 0 Å². The molecule has 0 amide bonds. The van der Waals surface area contributed by atoms with Crippen LogP contribution in [-0.4, -0.2) is 13.6 Å². The lowest BCUT2D eigenvalue weighted by molar-refractivity contribution is 0.745. The Bertz CT molecular complexity index is 259. The van der Waals surface area contributed by atoms with Crippen LogP contribution in [0.4, 0.5) is 0 Å². The average molecular weight is 214 g/mol. The first kappa shape index (κ1) is 10.8. The average Bonchev–Trinajstić information content (AvgIpc) is 2.04. The molecular formula is C10H16ClNSi. The van der Waals surface area contributed by atoms with Gasteiger partial charge in [0, 0.05) is 0 Å². The van der Waals surface area contributed by atoms with Crippen molar-refractivity contribution in [3.63, 3.8) is 0 Å². The molecule has 0 aliphatic rings. The van der Waals surface area contributed by atoms with Gasteiger partial charge in [0.05, 0.1) is 0 Å². The van der Waals surface area contributed by atoms with Gasteiger partial charge in [-0.25, -0.2) is 0 Å². The molecule has 1 aromatic rings. The fraction of sp³-hybridized carbons (Fsp3) is 0.400. The van der Waals surface area contributed by atoms with Gasteiger partial charge in [0.1, 0.15) is 0 Å². The first-order chi connectivity index (χ1) is 6.02. The van der Waals surface area contributed by atoms with Crippen LogP contribution in [0.2, 0.25) is 6.55 Å². The van der Waals surface area contributed by atoms with E-state index in [1.54, 1.807) is 0 Å². The van der Waals surface area contributed by atoms with E-state index >= 15 is 0 Å². The Hall–Kier alpha value is -0.313. The second-order valence-electron chi connectivity index (χ2n) is 3.67. The smallest absolute Gasteiger partial charge is 0.254 e. The summed E-state index contributed by atoms with van der Waals surface area (Å²) in [6.45, 7) is 6.36. The summed E-state index contributed by atoms with van der Waals surface area (Å²) in [5.41, 5.74) is 0. The topological polar surface area (TPSA) is 12.0 Å².